The van der Waals surface area contributed by atoms with E-state index in [9.17, 15) is 4.79 Å². The van der Waals surface area contributed by atoms with E-state index in [0.29, 0.717) is 6.42 Å². The fraction of sp³-hybridized carbons (Fsp3) is 0.857. The summed E-state index contributed by atoms with van der Waals surface area (Å²) in [5.41, 5.74) is 5.39. The Morgan fingerprint density at radius 3 is 2.50 bits per heavy atom. The maximum atomic E-state index is 10.1. The van der Waals surface area contributed by atoms with Crippen molar-refractivity contribution in [1.82, 2.24) is 0 Å². The van der Waals surface area contributed by atoms with E-state index in [0.717, 1.165) is 6.42 Å². The quantitative estimate of drug-likeness (QED) is 0.619. The number of aliphatic carboxylic acids is 1. The molecule has 0 aromatic carbocycles. The number of carbonyl (C=O) groups is 1. The smallest absolute Gasteiger partial charge is 0.303 e. The molecule has 0 aliphatic carbocycles. The van der Waals surface area contributed by atoms with Crippen LogP contribution in [0.5, 0.6) is 0 Å². The summed E-state index contributed by atoms with van der Waals surface area (Å²) in [6.07, 6.45) is 1.54. The lowest BCUT2D eigenvalue weighted by atomic mass is 9.94. The SMILES string of the molecule is CCC(C)(N)CCC(=O)O. The number of carboxylic acids is 1. The molecule has 0 aromatic rings. The minimum atomic E-state index is -0.773. The Balaban J connectivity index is 3.56. The predicted molar refractivity (Wildman–Crippen MR) is 39.8 cm³/mol. The molecule has 0 aliphatic heterocycles. The molecule has 0 saturated carbocycles. The van der Waals surface area contributed by atoms with E-state index in [-0.39, 0.29) is 12.0 Å². The summed E-state index contributed by atoms with van der Waals surface area (Å²) in [4.78, 5) is 10.1. The molecule has 10 heavy (non-hydrogen) atoms. The summed E-state index contributed by atoms with van der Waals surface area (Å²) in [6.45, 7) is 3.83. The van der Waals surface area contributed by atoms with Gasteiger partial charge in [0.15, 0.2) is 0 Å². The van der Waals surface area contributed by atoms with Crippen molar-refractivity contribution in [2.24, 2.45) is 5.73 Å². The predicted octanol–water partition coefficient (Wildman–Crippen LogP) is 0.979. The Kier molecular flexibility index (Phi) is 3.36. The maximum absolute atomic E-state index is 10.1. The Bertz CT molecular complexity index is 121. The van der Waals surface area contributed by atoms with Crippen LogP contribution in [0.4, 0.5) is 0 Å². The van der Waals surface area contributed by atoms with Crippen LogP contribution in [0.3, 0.4) is 0 Å². The van der Waals surface area contributed by atoms with Gasteiger partial charge in [-0.1, -0.05) is 6.92 Å². The number of carboxylic acid groups (broad SMARTS) is 1. The first kappa shape index (κ1) is 9.43. The summed E-state index contributed by atoms with van der Waals surface area (Å²) in [5.74, 6) is -0.773. The van der Waals surface area contributed by atoms with Gasteiger partial charge >= 0.3 is 5.97 Å². The zero-order chi connectivity index (χ0) is 8.20. The molecule has 0 spiro atoms. The number of rotatable bonds is 4. The minimum absolute atomic E-state index is 0.167. The molecule has 0 rings (SSSR count). The molecule has 60 valence electrons. The molecule has 0 saturated heterocycles. The monoisotopic (exact) mass is 145 g/mol. The van der Waals surface area contributed by atoms with Crippen molar-refractivity contribution >= 4 is 5.97 Å². The van der Waals surface area contributed by atoms with E-state index < -0.39 is 5.97 Å². The first-order valence-electron chi connectivity index (χ1n) is 3.48. The van der Waals surface area contributed by atoms with Crippen LogP contribution in [0, 0.1) is 0 Å². The highest BCUT2D eigenvalue weighted by Crippen LogP contribution is 2.11. The van der Waals surface area contributed by atoms with Crippen molar-refractivity contribution < 1.29 is 9.90 Å². The van der Waals surface area contributed by atoms with Crippen molar-refractivity contribution in [3.05, 3.63) is 0 Å². The van der Waals surface area contributed by atoms with E-state index in [2.05, 4.69) is 0 Å². The van der Waals surface area contributed by atoms with Gasteiger partial charge in [-0.15, -0.1) is 0 Å². The Morgan fingerprint density at radius 1 is 1.70 bits per heavy atom. The highest BCUT2D eigenvalue weighted by molar-refractivity contribution is 5.66. The Morgan fingerprint density at radius 2 is 2.20 bits per heavy atom. The summed E-state index contributed by atoms with van der Waals surface area (Å²) in [7, 11) is 0. The van der Waals surface area contributed by atoms with Gasteiger partial charge in [0.25, 0.3) is 0 Å². The molecule has 1 atom stereocenters. The number of hydrogen-bond acceptors (Lipinski definition) is 2. The summed E-state index contributed by atoms with van der Waals surface area (Å²) >= 11 is 0. The normalized spacial score (nSPS) is 16.3. The highest BCUT2D eigenvalue weighted by Gasteiger charge is 2.16. The average Bonchev–Trinajstić information content (AvgIpc) is 1.85. The van der Waals surface area contributed by atoms with Crippen molar-refractivity contribution in [3.8, 4) is 0 Å². The fourth-order valence-corrected chi connectivity index (χ4v) is 0.569. The zero-order valence-electron chi connectivity index (χ0n) is 6.55. The molecule has 3 heteroatoms. The summed E-state index contributed by atoms with van der Waals surface area (Å²) < 4.78 is 0. The fourth-order valence-electron chi connectivity index (χ4n) is 0.569. The topological polar surface area (TPSA) is 63.3 Å². The largest absolute Gasteiger partial charge is 0.481 e. The second-order valence-electron chi connectivity index (χ2n) is 2.90. The van der Waals surface area contributed by atoms with E-state index in [1.54, 1.807) is 0 Å². The third-order valence-electron chi connectivity index (χ3n) is 1.72. The van der Waals surface area contributed by atoms with Crippen molar-refractivity contribution in [1.29, 1.82) is 0 Å². The third-order valence-corrected chi connectivity index (χ3v) is 1.72. The Hall–Kier alpha value is -0.570. The molecule has 3 nitrogen and oxygen atoms in total. The molecule has 0 fully saturated rings. The van der Waals surface area contributed by atoms with Gasteiger partial charge in [0.2, 0.25) is 0 Å². The third kappa shape index (κ3) is 4.32. The molecule has 0 amide bonds. The first-order valence-corrected chi connectivity index (χ1v) is 3.48. The average molecular weight is 145 g/mol. The van der Waals surface area contributed by atoms with Crippen LogP contribution in [-0.4, -0.2) is 16.6 Å². The van der Waals surface area contributed by atoms with Crippen LogP contribution < -0.4 is 5.73 Å². The second-order valence-corrected chi connectivity index (χ2v) is 2.90. The first-order chi connectivity index (χ1) is 4.48. The lowest BCUT2D eigenvalue weighted by molar-refractivity contribution is -0.137. The van der Waals surface area contributed by atoms with Gasteiger partial charge in [0.05, 0.1) is 0 Å². The number of nitrogens with two attached hydrogens (primary N) is 1. The lowest BCUT2D eigenvalue weighted by Gasteiger charge is -2.20. The van der Waals surface area contributed by atoms with Crippen molar-refractivity contribution in [2.45, 2.75) is 38.6 Å². The maximum Gasteiger partial charge on any atom is 0.303 e. The van der Waals surface area contributed by atoms with Crippen molar-refractivity contribution in [3.63, 3.8) is 0 Å². The highest BCUT2D eigenvalue weighted by atomic mass is 16.4. The van der Waals surface area contributed by atoms with Gasteiger partial charge in [-0.3, -0.25) is 4.79 Å². The minimum Gasteiger partial charge on any atom is -0.481 e. The van der Waals surface area contributed by atoms with Crippen LogP contribution >= 0.6 is 0 Å². The lowest BCUT2D eigenvalue weighted by Crippen LogP contribution is -2.35. The van der Waals surface area contributed by atoms with E-state index in [1.807, 2.05) is 13.8 Å². The molecular weight excluding hydrogens is 130 g/mol. The van der Waals surface area contributed by atoms with Crippen LogP contribution in [0.2, 0.25) is 0 Å². The standard InChI is InChI=1S/C7H15NO2/c1-3-7(2,8)5-4-6(9)10/h3-5,8H2,1-2H3,(H,9,10). The molecule has 0 aliphatic rings. The Labute approximate surface area is 61.2 Å². The van der Waals surface area contributed by atoms with Gasteiger partial charge in [0, 0.05) is 12.0 Å². The summed E-state index contributed by atoms with van der Waals surface area (Å²) in [5, 5.41) is 8.32. The van der Waals surface area contributed by atoms with E-state index in [4.69, 9.17) is 10.8 Å². The van der Waals surface area contributed by atoms with Gasteiger partial charge in [0.1, 0.15) is 0 Å². The molecular formula is C7H15NO2. The molecule has 3 N–H and O–H groups in total. The number of hydrogen-bond donors (Lipinski definition) is 2. The van der Waals surface area contributed by atoms with Gasteiger partial charge in [-0.2, -0.15) is 0 Å². The summed E-state index contributed by atoms with van der Waals surface area (Å²) in [6, 6.07) is 0. The van der Waals surface area contributed by atoms with Crippen LogP contribution in [0.1, 0.15) is 33.1 Å². The van der Waals surface area contributed by atoms with Gasteiger partial charge < -0.3 is 10.8 Å². The van der Waals surface area contributed by atoms with E-state index >= 15 is 0 Å². The molecule has 0 heterocycles. The van der Waals surface area contributed by atoms with Crippen LogP contribution in [0.25, 0.3) is 0 Å². The van der Waals surface area contributed by atoms with Gasteiger partial charge in [-0.25, -0.2) is 0 Å². The van der Waals surface area contributed by atoms with Crippen LogP contribution in [0.15, 0.2) is 0 Å². The molecule has 0 aromatic heterocycles. The van der Waals surface area contributed by atoms with Crippen LogP contribution in [-0.2, 0) is 4.79 Å². The van der Waals surface area contributed by atoms with E-state index in [1.165, 1.54) is 0 Å². The van der Waals surface area contributed by atoms with Gasteiger partial charge in [-0.05, 0) is 19.8 Å². The zero-order valence-corrected chi connectivity index (χ0v) is 6.55. The molecule has 1 unspecified atom stereocenters. The molecule has 0 radical (unpaired) electrons. The molecule has 0 bridgehead atoms. The van der Waals surface area contributed by atoms with Crippen molar-refractivity contribution in [2.75, 3.05) is 0 Å². The second kappa shape index (κ2) is 3.56.